The molecule has 0 aromatic carbocycles. The maximum atomic E-state index is 4.44. The van der Waals surface area contributed by atoms with E-state index in [4.69, 9.17) is 0 Å². The largest absolute Gasteiger partial charge is 0.354 e. The third-order valence-electron chi connectivity index (χ3n) is 2.06. The Hall–Kier alpha value is -0.770. The minimum Gasteiger partial charge on any atom is -0.354 e. The summed E-state index contributed by atoms with van der Waals surface area (Å²) in [6, 6.07) is 1.97. The number of rotatable bonds is 6. The Morgan fingerprint density at radius 1 is 1.47 bits per heavy atom. The maximum absolute atomic E-state index is 4.44. The molecular weight excluding hydrogens is 206 g/mol. The van der Waals surface area contributed by atoms with E-state index in [2.05, 4.69) is 36.1 Å². The van der Waals surface area contributed by atoms with Gasteiger partial charge in [0.2, 0.25) is 5.95 Å². The predicted molar refractivity (Wildman–Crippen MR) is 66.4 cm³/mol. The first-order valence-electron chi connectivity index (χ1n) is 5.49. The molecule has 1 heterocycles. The van der Waals surface area contributed by atoms with Crippen LogP contribution in [0, 0.1) is 0 Å². The summed E-state index contributed by atoms with van der Waals surface area (Å²) in [5.74, 6) is 0.741. The van der Waals surface area contributed by atoms with Gasteiger partial charge in [0.15, 0.2) is 0 Å². The Balaban J connectivity index is 2.57. The minimum atomic E-state index is 0.610. The van der Waals surface area contributed by atoms with Crippen molar-refractivity contribution in [1.29, 1.82) is 0 Å². The summed E-state index contributed by atoms with van der Waals surface area (Å²) in [6.45, 7) is 7.46. The molecule has 1 atom stereocenters. The second kappa shape index (κ2) is 6.67. The first-order valence-corrected chi connectivity index (χ1v) is 6.37. The number of nitrogens with one attached hydrogen (secondary N) is 1. The molecule has 0 amide bonds. The Morgan fingerprint density at radius 2 is 2.27 bits per heavy atom. The highest BCUT2D eigenvalue weighted by atomic mass is 32.2. The van der Waals surface area contributed by atoms with Crippen LogP contribution in [0.5, 0.6) is 0 Å². The molecule has 84 valence electrons. The second-order valence-electron chi connectivity index (χ2n) is 3.48. The summed E-state index contributed by atoms with van der Waals surface area (Å²) in [6.07, 6.45) is 4.06. The van der Waals surface area contributed by atoms with Gasteiger partial charge in [-0.1, -0.05) is 20.8 Å². The van der Waals surface area contributed by atoms with Crippen molar-refractivity contribution in [2.45, 2.75) is 43.9 Å². The van der Waals surface area contributed by atoms with Gasteiger partial charge in [0.25, 0.3) is 0 Å². The summed E-state index contributed by atoms with van der Waals surface area (Å²) in [5.41, 5.74) is 0. The highest BCUT2D eigenvalue weighted by molar-refractivity contribution is 7.99. The number of anilines is 1. The molecule has 0 radical (unpaired) electrons. The first kappa shape index (κ1) is 12.3. The Bertz CT molecular complexity index is 291. The molecule has 1 aromatic rings. The number of aromatic nitrogens is 2. The third kappa shape index (κ3) is 4.51. The topological polar surface area (TPSA) is 37.8 Å². The molecule has 0 fully saturated rings. The lowest BCUT2D eigenvalue weighted by Crippen LogP contribution is -2.04. The zero-order valence-corrected chi connectivity index (χ0v) is 10.5. The van der Waals surface area contributed by atoms with Crippen LogP contribution >= 0.6 is 11.8 Å². The van der Waals surface area contributed by atoms with Crippen molar-refractivity contribution in [3.8, 4) is 0 Å². The Labute approximate surface area is 96.1 Å². The molecule has 0 spiro atoms. The molecule has 15 heavy (non-hydrogen) atoms. The van der Waals surface area contributed by atoms with Crippen LogP contribution in [0.3, 0.4) is 0 Å². The summed E-state index contributed by atoms with van der Waals surface area (Å²) in [5, 5.41) is 4.85. The molecular formula is C11H19N3S. The van der Waals surface area contributed by atoms with Crippen LogP contribution in [0.4, 0.5) is 5.95 Å². The zero-order chi connectivity index (χ0) is 11.1. The van der Waals surface area contributed by atoms with E-state index in [0.717, 1.165) is 30.4 Å². The number of hydrogen-bond donors (Lipinski definition) is 1. The first-order chi connectivity index (χ1) is 7.26. The molecule has 1 unspecified atom stereocenters. The minimum absolute atomic E-state index is 0.610. The lowest BCUT2D eigenvalue weighted by atomic mass is 10.4. The normalized spacial score (nSPS) is 12.5. The maximum Gasteiger partial charge on any atom is 0.223 e. The summed E-state index contributed by atoms with van der Waals surface area (Å²) < 4.78 is 0. The van der Waals surface area contributed by atoms with Crippen LogP contribution in [-0.2, 0) is 0 Å². The van der Waals surface area contributed by atoms with Crippen LogP contribution in [0.2, 0.25) is 0 Å². The molecule has 1 rings (SSSR count). The zero-order valence-electron chi connectivity index (χ0n) is 9.66. The SMILES string of the molecule is CCCNc1nccc(SC(C)CC)n1. The lowest BCUT2D eigenvalue weighted by Gasteiger charge is -2.08. The van der Waals surface area contributed by atoms with Gasteiger partial charge in [0.05, 0.1) is 0 Å². The fourth-order valence-corrected chi connectivity index (χ4v) is 1.88. The van der Waals surface area contributed by atoms with Crippen molar-refractivity contribution >= 4 is 17.7 Å². The fourth-order valence-electron chi connectivity index (χ4n) is 1.02. The van der Waals surface area contributed by atoms with Gasteiger partial charge in [-0.05, 0) is 18.9 Å². The molecule has 1 aromatic heterocycles. The van der Waals surface area contributed by atoms with Gasteiger partial charge in [-0.15, -0.1) is 11.8 Å². The molecule has 3 nitrogen and oxygen atoms in total. The van der Waals surface area contributed by atoms with Crippen LogP contribution in [0.1, 0.15) is 33.6 Å². The van der Waals surface area contributed by atoms with Gasteiger partial charge in [-0.3, -0.25) is 0 Å². The molecule has 0 aliphatic carbocycles. The van der Waals surface area contributed by atoms with E-state index in [-0.39, 0.29) is 0 Å². The average molecular weight is 225 g/mol. The molecule has 0 bridgehead atoms. The van der Waals surface area contributed by atoms with E-state index in [0.29, 0.717) is 5.25 Å². The lowest BCUT2D eigenvalue weighted by molar-refractivity contribution is 0.895. The molecule has 4 heteroatoms. The number of nitrogens with zero attached hydrogens (tertiary/aromatic N) is 2. The van der Waals surface area contributed by atoms with E-state index in [1.54, 1.807) is 11.8 Å². The van der Waals surface area contributed by atoms with E-state index in [1.165, 1.54) is 0 Å². The van der Waals surface area contributed by atoms with Gasteiger partial charge in [0.1, 0.15) is 5.03 Å². The van der Waals surface area contributed by atoms with Crippen molar-refractivity contribution < 1.29 is 0 Å². The summed E-state index contributed by atoms with van der Waals surface area (Å²) in [7, 11) is 0. The van der Waals surface area contributed by atoms with Gasteiger partial charge in [0, 0.05) is 18.0 Å². The van der Waals surface area contributed by atoms with E-state index >= 15 is 0 Å². The molecule has 0 saturated carbocycles. The van der Waals surface area contributed by atoms with Crippen molar-refractivity contribution in [3.63, 3.8) is 0 Å². The highest BCUT2D eigenvalue weighted by Gasteiger charge is 2.04. The highest BCUT2D eigenvalue weighted by Crippen LogP contribution is 2.23. The van der Waals surface area contributed by atoms with E-state index in [9.17, 15) is 0 Å². The van der Waals surface area contributed by atoms with Gasteiger partial charge in [-0.25, -0.2) is 9.97 Å². The van der Waals surface area contributed by atoms with Gasteiger partial charge >= 0.3 is 0 Å². The monoisotopic (exact) mass is 225 g/mol. The Kier molecular flexibility index (Phi) is 5.47. The van der Waals surface area contributed by atoms with Gasteiger partial charge < -0.3 is 5.32 Å². The quantitative estimate of drug-likeness (QED) is 0.596. The standard InChI is InChI=1S/C11H19N3S/c1-4-7-12-11-13-8-6-10(14-11)15-9(3)5-2/h6,8-9H,4-5,7H2,1-3H3,(H,12,13,14). The summed E-state index contributed by atoms with van der Waals surface area (Å²) in [4.78, 5) is 8.61. The Morgan fingerprint density at radius 3 is 2.93 bits per heavy atom. The van der Waals surface area contributed by atoms with Crippen LogP contribution in [-0.4, -0.2) is 21.8 Å². The number of thioether (sulfide) groups is 1. The summed E-state index contributed by atoms with van der Waals surface area (Å²) >= 11 is 1.80. The predicted octanol–water partition coefficient (Wildman–Crippen LogP) is 3.19. The molecule has 0 aliphatic heterocycles. The third-order valence-corrected chi connectivity index (χ3v) is 3.26. The van der Waals surface area contributed by atoms with Crippen molar-refractivity contribution in [1.82, 2.24) is 9.97 Å². The van der Waals surface area contributed by atoms with Gasteiger partial charge in [-0.2, -0.15) is 0 Å². The van der Waals surface area contributed by atoms with E-state index < -0.39 is 0 Å². The molecule has 0 saturated heterocycles. The average Bonchev–Trinajstić information content (AvgIpc) is 2.26. The van der Waals surface area contributed by atoms with E-state index in [1.807, 2.05) is 12.3 Å². The van der Waals surface area contributed by atoms with Crippen LogP contribution in [0.25, 0.3) is 0 Å². The smallest absolute Gasteiger partial charge is 0.223 e. The molecule has 1 N–H and O–H groups in total. The second-order valence-corrected chi connectivity index (χ2v) is 4.94. The van der Waals surface area contributed by atoms with Crippen molar-refractivity contribution in [3.05, 3.63) is 12.3 Å². The fraction of sp³-hybridized carbons (Fsp3) is 0.636. The number of hydrogen-bond acceptors (Lipinski definition) is 4. The van der Waals surface area contributed by atoms with Crippen molar-refractivity contribution in [2.75, 3.05) is 11.9 Å². The van der Waals surface area contributed by atoms with Crippen molar-refractivity contribution in [2.24, 2.45) is 0 Å². The van der Waals surface area contributed by atoms with Crippen LogP contribution in [0.15, 0.2) is 17.3 Å². The van der Waals surface area contributed by atoms with Crippen LogP contribution < -0.4 is 5.32 Å². The molecule has 0 aliphatic rings.